The standard InChI is InChI=1S/C16H16BrN3O/c1-10-18-7-6-13(20-10)9-19-16(21)15-8-14(15)11-2-4-12(17)5-3-11/h2-7,14-15H,8-9H2,1H3,(H,19,21)/t14-,15-/m0/s1. The zero-order chi connectivity index (χ0) is 14.8. The Morgan fingerprint density at radius 2 is 2.10 bits per heavy atom. The van der Waals surface area contributed by atoms with Crippen LogP contribution in [0.25, 0.3) is 0 Å². The first kappa shape index (κ1) is 14.2. The van der Waals surface area contributed by atoms with Gasteiger partial charge in [0.25, 0.3) is 0 Å². The van der Waals surface area contributed by atoms with Crippen LogP contribution in [-0.4, -0.2) is 15.9 Å². The van der Waals surface area contributed by atoms with Gasteiger partial charge in [-0.2, -0.15) is 0 Å². The molecule has 1 aromatic carbocycles. The maximum absolute atomic E-state index is 12.2. The van der Waals surface area contributed by atoms with Crippen molar-refractivity contribution < 1.29 is 4.79 Å². The number of nitrogens with one attached hydrogen (secondary N) is 1. The van der Waals surface area contributed by atoms with E-state index in [1.54, 1.807) is 6.20 Å². The van der Waals surface area contributed by atoms with E-state index in [0.717, 1.165) is 22.4 Å². The topological polar surface area (TPSA) is 54.9 Å². The van der Waals surface area contributed by atoms with E-state index in [-0.39, 0.29) is 11.8 Å². The molecule has 1 aromatic heterocycles. The number of benzene rings is 1. The third-order valence-electron chi connectivity index (χ3n) is 3.70. The molecule has 0 saturated heterocycles. The Hall–Kier alpha value is -1.75. The quantitative estimate of drug-likeness (QED) is 0.926. The van der Waals surface area contributed by atoms with E-state index in [1.807, 2.05) is 25.1 Å². The van der Waals surface area contributed by atoms with Crippen LogP contribution in [0.15, 0.2) is 41.0 Å². The van der Waals surface area contributed by atoms with Gasteiger partial charge in [0.15, 0.2) is 0 Å². The van der Waals surface area contributed by atoms with Crippen molar-refractivity contribution in [2.45, 2.75) is 25.8 Å². The van der Waals surface area contributed by atoms with Crippen molar-refractivity contribution >= 4 is 21.8 Å². The van der Waals surface area contributed by atoms with E-state index in [4.69, 9.17) is 0 Å². The minimum atomic E-state index is 0.0918. The molecule has 0 unspecified atom stereocenters. The van der Waals surface area contributed by atoms with Crippen molar-refractivity contribution in [3.05, 3.63) is 58.1 Å². The molecule has 1 aliphatic carbocycles. The van der Waals surface area contributed by atoms with Gasteiger partial charge in [0, 0.05) is 16.6 Å². The van der Waals surface area contributed by atoms with Crippen molar-refractivity contribution in [2.75, 3.05) is 0 Å². The van der Waals surface area contributed by atoms with Gasteiger partial charge in [-0.15, -0.1) is 0 Å². The number of carbonyl (C=O) groups excluding carboxylic acids is 1. The number of rotatable bonds is 4. The number of hydrogen-bond donors (Lipinski definition) is 1. The average molecular weight is 346 g/mol. The van der Waals surface area contributed by atoms with E-state index < -0.39 is 0 Å². The summed E-state index contributed by atoms with van der Waals surface area (Å²) in [7, 11) is 0. The predicted octanol–water partition coefficient (Wildman–Crippen LogP) is 2.97. The summed E-state index contributed by atoms with van der Waals surface area (Å²) in [6.45, 7) is 2.31. The fraction of sp³-hybridized carbons (Fsp3) is 0.312. The second kappa shape index (κ2) is 5.93. The van der Waals surface area contributed by atoms with Gasteiger partial charge in [-0.25, -0.2) is 9.97 Å². The molecule has 2 atom stereocenters. The molecule has 108 valence electrons. The lowest BCUT2D eigenvalue weighted by molar-refractivity contribution is -0.122. The summed E-state index contributed by atoms with van der Waals surface area (Å²) in [5, 5.41) is 2.96. The molecule has 1 saturated carbocycles. The van der Waals surface area contributed by atoms with Gasteiger partial charge >= 0.3 is 0 Å². The highest BCUT2D eigenvalue weighted by Gasteiger charge is 2.43. The Kier molecular flexibility index (Phi) is 4.01. The third-order valence-corrected chi connectivity index (χ3v) is 4.23. The van der Waals surface area contributed by atoms with E-state index in [1.165, 1.54) is 5.56 Å². The van der Waals surface area contributed by atoms with Crippen LogP contribution >= 0.6 is 15.9 Å². The van der Waals surface area contributed by atoms with Crippen molar-refractivity contribution in [1.29, 1.82) is 0 Å². The number of hydrogen-bond acceptors (Lipinski definition) is 3. The van der Waals surface area contributed by atoms with Crippen LogP contribution < -0.4 is 5.32 Å². The van der Waals surface area contributed by atoms with Gasteiger partial charge in [0.05, 0.1) is 12.2 Å². The normalized spacial score (nSPS) is 20.1. The molecule has 1 amide bonds. The second-order valence-corrected chi connectivity index (χ2v) is 6.23. The lowest BCUT2D eigenvalue weighted by Gasteiger charge is -2.05. The Bertz CT molecular complexity index is 657. The molecule has 1 aliphatic rings. The SMILES string of the molecule is Cc1nccc(CNC(=O)[C@H]2C[C@H]2c2ccc(Br)cc2)n1. The summed E-state index contributed by atoms with van der Waals surface area (Å²) in [6.07, 6.45) is 2.64. The van der Waals surface area contributed by atoms with E-state index >= 15 is 0 Å². The molecule has 0 spiro atoms. The molecule has 0 aliphatic heterocycles. The summed E-state index contributed by atoms with van der Waals surface area (Å²) in [5.41, 5.74) is 2.08. The molecule has 3 rings (SSSR count). The van der Waals surface area contributed by atoms with Gasteiger partial charge in [0.2, 0.25) is 5.91 Å². The molecule has 0 bridgehead atoms. The molecule has 0 radical (unpaired) electrons. The minimum absolute atomic E-state index is 0.0918. The maximum Gasteiger partial charge on any atom is 0.224 e. The fourth-order valence-corrected chi connectivity index (χ4v) is 2.74. The molecule has 1 heterocycles. The second-order valence-electron chi connectivity index (χ2n) is 5.31. The lowest BCUT2D eigenvalue weighted by Crippen LogP contribution is -2.25. The van der Waals surface area contributed by atoms with Crippen molar-refractivity contribution in [3.63, 3.8) is 0 Å². The summed E-state index contributed by atoms with van der Waals surface area (Å²) in [5.74, 6) is 1.28. The van der Waals surface area contributed by atoms with Crippen molar-refractivity contribution in [2.24, 2.45) is 5.92 Å². The highest BCUT2D eigenvalue weighted by atomic mass is 79.9. The van der Waals surface area contributed by atoms with Crippen LogP contribution in [0.1, 0.15) is 29.4 Å². The van der Waals surface area contributed by atoms with Gasteiger partial charge < -0.3 is 5.32 Å². The first-order chi connectivity index (χ1) is 10.1. The van der Waals surface area contributed by atoms with Crippen molar-refractivity contribution in [1.82, 2.24) is 15.3 Å². The lowest BCUT2D eigenvalue weighted by atomic mass is 10.1. The summed E-state index contributed by atoms with van der Waals surface area (Å²) >= 11 is 3.42. The van der Waals surface area contributed by atoms with E-state index in [0.29, 0.717) is 12.5 Å². The van der Waals surface area contributed by atoms with Gasteiger partial charge in [0.1, 0.15) is 5.82 Å². The molecule has 5 heteroatoms. The van der Waals surface area contributed by atoms with Crippen LogP contribution in [0.4, 0.5) is 0 Å². The van der Waals surface area contributed by atoms with Crippen LogP contribution in [-0.2, 0) is 11.3 Å². The van der Waals surface area contributed by atoms with E-state index in [2.05, 4.69) is 43.3 Å². The predicted molar refractivity (Wildman–Crippen MR) is 83.6 cm³/mol. The number of nitrogens with zero attached hydrogens (tertiary/aromatic N) is 2. The largest absolute Gasteiger partial charge is 0.350 e. The Morgan fingerprint density at radius 3 is 2.81 bits per heavy atom. The minimum Gasteiger partial charge on any atom is -0.350 e. The molecule has 1 fully saturated rings. The first-order valence-corrected chi connectivity index (χ1v) is 7.74. The maximum atomic E-state index is 12.2. The number of aryl methyl sites for hydroxylation is 1. The third kappa shape index (κ3) is 3.47. The Balaban J connectivity index is 1.54. The highest BCUT2D eigenvalue weighted by molar-refractivity contribution is 9.10. The highest BCUT2D eigenvalue weighted by Crippen LogP contribution is 2.47. The molecule has 21 heavy (non-hydrogen) atoms. The van der Waals surface area contributed by atoms with E-state index in [9.17, 15) is 4.79 Å². The Labute approximate surface area is 132 Å². The summed E-state index contributed by atoms with van der Waals surface area (Å²) < 4.78 is 1.06. The first-order valence-electron chi connectivity index (χ1n) is 6.95. The van der Waals surface area contributed by atoms with Crippen LogP contribution in [0.5, 0.6) is 0 Å². The molecular weight excluding hydrogens is 330 g/mol. The molecule has 4 nitrogen and oxygen atoms in total. The van der Waals surface area contributed by atoms with Gasteiger partial charge in [-0.1, -0.05) is 28.1 Å². The zero-order valence-corrected chi connectivity index (χ0v) is 13.3. The van der Waals surface area contributed by atoms with Crippen LogP contribution in [0, 0.1) is 12.8 Å². The smallest absolute Gasteiger partial charge is 0.224 e. The van der Waals surface area contributed by atoms with Crippen LogP contribution in [0.3, 0.4) is 0 Å². The fourth-order valence-electron chi connectivity index (χ4n) is 2.48. The molecule has 2 aromatic rings. The monoisotopic (exact) mass is 345 g/mol. The zero-order valence-electron chi connectivity index (χ0n) is 11.7. The van der Waals surface area contributed by atoms with Gasteiger partial charge in [-0.05, 0) is 43.0 Å². The molecular formula is C16H16BrN3O. The number of halogens is 1. The number of aromatic nitrogens is 2. The summed E-state index contributed by atoms with van der Waals surface area (Å²) in [6, 6.07) is 10.0. The molecule has 1 N–H and O–H groups in total. The number of amides is 1. The average Bonchev–Trinajstić information content (AvgIpc) is 3.26. The van der Waals surface area contributed by atoms with Crippen molar-refractivity contribution in [3.8, 4) is 0 Å². The summed E-state index contributed by atoms with van der Waals surface area (Å²) in [4.78, 5) is 20.5. The number of carbonyl (C=O) groups is 1. The van der Waals surface area contributed by atoms with Gasteiger partial charge in [-0.3, -0.25) is 4.79 Å². The Morgan fingerprint density at radius 1 is 1.33 bits per heavy atom. The van der Waals surface area contributed by atoms with Crippen LogP contribution in [0.2, 0.25) is 0 Å².